The summed E-state index contributed by atoms with van der Waals surface area (Å²) in [5.74, 6) is -1.11. The first kappa shape index (κ1) is 61.5. The molecule has 0 aliphatic carbocycles. The fraction of sp³-hybridized carbons (Fsp3) is 0.583. The van der Waals surface area contributed by atoms with Crippen LogP contribution in [-0.4, -0.2) is 37.2 Å². The second-order valence-electron chi connectivity index (χ2n) is 16.7. The Hall–Kier alpha value is -4.45. The highest BCUT2D eigenvalue weighted by Gasteiger charge is 2.19. The highest BCUT2D eigenvalue weighted by molar-refractivity contribution is 5.71. The quantitative estimate of drug-likeness (QED) is 0.0262. The molecule has 66 heavy (non-hydrogen) atoms. The molecule has 1 unspecified atom stereocenters. The lowest BCUT2D eigenvalue weighted by Gasteiger charge is -2.18. The summed E-state index contributed by atoms with van der Waals surface area (Å²) in [5.41, 5.74) is 0. The normalized spacial score (nSPS) is 13.2. The van der Waals surface area contributed by atoms with E-state index in [1.54, 1.807) is 0 Å². The van der Waals surface area contributed by atoms with Crippen LogP contribution in [0.25, 0.3) is 0 Å². The zero-order chi connectivity index (χ0) is 47.9. The fourth-order valence-electron chi connectivity index (χ4n) is 6.53. The van der Waals surface area contributed by atoms with E-state index in [1.807, 2.05) is 18.2 Å². The molecule has 6 nitrogen and oxygen atoms in total. The highest BCUT2D eigenvalue weighted by Crippen LogP contribution is 2.12. The van der Waals surface area contributed by atoms with Gasteiger partial charge in [0, 0.05) is 19.3 Å². The van der Waals surface area contributed by atoms with Gasteiger partial charge in [-0.1, -0.05) is 212 Å². The first-order chi connectivity index (χ1) is 32.5. The minimum atomic E-state index is -0.851. The SMILES string of the molecule is CC/C=C\C/C=C\C/C=C\C/C=C\C/C=C\CCC(=O)OC(COC(=O)CC/C=C\C/C=C\CCCCCCCC)COC(=O)CCCCCCCC/C=C\C/C=C\C/C=C\C/C=C\CC. The number of ether oxygens (including phenoxy) is 3. The maximum atomic E-state index is 12.8. The largest absolute Gasteiger partial charge is 0.462 e. The summed E-state index contributed by atoms with van der Waals surface area (Å²) in [7, 11) is 0. The molecule has 1 atom stereocenters. The van der Waals surface area contributed by atoms with Gasteiger partial charge in [0.1, 0.15) is 13.2 Å². The lowest BCUT2D eigenvalue weighted by atomic mass is 10.1. The van der Waals surface area contributed by atoms with Crippen molar-refractivity contribution in [3.05, 3.63) is 134 Å². The topological polar surface area (TPSA) is 78.9 Å². The maximum absolute atomic E-state index is 12.8. The fourth-order valence-corrected chi connectivity index (χ4v) is 6.53. The Balaban J connectivity index is 4.58. The van der Waals surface area contributed by atoms with Gasteiger partial charge in [0.15, 0.2) is 6.10 Å². The van der Waals surface area contributed by atoms with Crippen LogP contribution >= 0.6 is 0 Å². The molecule has 370 valence electrons. The summed E-state index contributed by atoms with van der Waals surface area (Å²) in [4.78, 5) is 37.9. The molecule has 0 aromatic carbocycles. The Morgan fingerprint density at radius 3 is 1.02 bits per heavy atom. The van der Waals surface area contributed by atoms with Crippen LogP contribution in [0.3, 0.4) is 0 Å². The predicted octanol–water partition coefficient (Wildman–Crippen LogP) is 17.5. The number of hydrogen-bond donors (Lipinski definition) is 0. The van der Waals surface area contributed by atoms with Crippen LogP contribution in [0, 0.1) is 0 Å². The van der Waals surface area contributed by atoms with Gasteiger partial charge >= 0.3 is 17.9 Å². The first-order valence-corrected chi connectivity index (χ1v) is 26.2. The Labute approximate surface area is 405 Å². The molecule has 0 amide bonds. The molecule has 0 aliphatic rings. The van der Waals surface area contributed by atoms with Gasteiger partial charge in [0.2, 0.25) is 0 Å². The number of esters is 3. The van der Waals surface area contributed by atoms with Crippen LogP contribution in [0.15, 0.2) is 134 Å². The lowest BCUT2D eigenvalue weighted by Crippen LogP contribution is -2.30. The van der Waals surface area contributed by atoms with Gasteiger partial charge < -0.3 is 14.2 Å². The van der Waals surface area contributed by atoms with Crippen LogP contribution in [-0.2, 0) is 28.6 Å². The minimum Gasteiger partial charge on any atom is -0.462 e. The van der Waals surface area contributed by atoms with E-state index in [4.69, 9.17) is 14.2 Å². The third-order valence-corrected chi connectivity index (χ3v) is 10.4. The molecule has 6 heteroatoms. The number of carbonyl (C=O) groups excluding carboxylic acids is 3. The summed E-state index contributed by atoms with van der Waals surface area (Å²) in [5, 5.41) is 0. The summed E-state index contributed by atoms with van der Waals surface area (Å²) in [6, 6.07) is 0. The molecule has 0 radical (unpaired) electrons. The monoisotopic (exact) mass is 911 g/mol. The maximum Gasteiger partial charge on any atom is 0.306 e. The van der Waals surface area contributed by atoms with E-state index in [0.29, 0.717) is 19.3 Å². The van der Waals surface area contributed by atoms with E-state index in [-0.39, 0.29) is 38.0 Å². The number of unbranched alkanes of at least 4 members (excludes halogenated alkanes) is 12. The molecule has 0 saturated carbocycles. The van der Waals surface area contributed by atoms with Crippen molar-refractivity contribution in [3.8, 4) is 0 Å². The van der Waals surface area contributed by atoms with E-state index >= 15 is 0 Å². The second-order valence-corrected chi connectivity index (χ2v) is 16.7. The zero-order valence-electron chi connectivity index (χ0n) is 42.1. The zero-order valence-corrected chi connectivity index (χ0v) is 42.1. The Kier molecular flexibility index (Phi) is 49.6. The van der Waals surface area contributed by atoms with Gasteiger partial charge in [0.05, 0.1) is 0 Å². The molecule has 0 rings (SSSR count). The van der Waals surface area contributed by atoms with Crippen molar-refractivity contribution in [2.45, 2.75) is 213 Å². The lowest BCUT2D eigenvalue weighted by molar-refractivity contribution is -0.166. The molecular formula is C60H94O6. The van der Waals surface area contributed by atoms with Gasteiger partial charge in [-0.2, -0.15) is 0 Å². The number of rotatable bonds is 45. The van der Waals surface area contributed by atoms with Crippen LogP contribution < -0.4 is 0 Å². The van der Waals surface area contributed by atoms with Crippen molar-refractivity contribution in [2.24, 2.45) is 0 Å². The molecule has 0 heterocycles. The predicted molar refractivity (Wildman–Crippen MR) is 283 cm³/mol. The summed E-state index contributed by atoms with van der Waals surface area (Å²) in [6.07, 6.45) is 74.6. The van der Waals surface area contributed by atoms with Crippen molar-refractivity contribution in [1.29, 1.82) is 0 Å². The van der Waals surface area contributed by atoms with Gasteiger partial charge in [-0.15, -0.1) is 0 Å². The van der Waals surface area contributed by atoms with Gasteiger partial charge in [-0.3, -0.25) is 14.4 Å². The number of allylic oxidation sites excluding steroid dienone is 22. The van der Waals surface area contributed by atoms with Crippen LogP contribution in [0.4, 0.5) is 0 Å². The first-order valence-electron chi connectivity index (χ1n) is 26.2. The van der Waals surface area contributed by atoms with Crippen LogP contribution in [0.1, 0.15) is 207 Å². The third kappa shape index (κ3) is 50.5. The van der Waals surface area contributed by atoms with E-state index in [0.717, 1.165) is 103 Å². The molecule has 0 spiro atoms. The molecule has 0 saturated heterocycles. The Morgan fingerprint density at radius 1 is 0.318 bits per heavy atom. The van der Waals surface area contributed by atoms with Crippen molar-refractivity contribution in [2.75, 3.05) is 13.2 Å². The molecule has 0 fully saturated rings. The van der Waals surface area contributed by atoms with Crippen molar-refractivity contribution in [1.82, 2.24) is 0 Å². The molecule has 0 N–H and O–H groups in total. The van der Waals surface area contributed by atoms with Crippen LogP contribution in [0.2, 0.25) is 0 Å². The standard InChI is InChI=1S/C60H94O6/c1-4-7-10-13-16-19-22-25-27-29-30-31-33-35-38-41-44-47-50-53-59(62)65-56-57(55-64-58(61)52-49-46-43-40-37-34-24-21-18-15-12-9-6-3)66-60(63)54-51-48-45-42-39-36-32-28-26-23-20-17-14-11-8-5-2/h7-8,10-11,16-17,19-20,25-28,30-31,34,36-37,39,43,45-46,48,57H,4-6,9,12-15,18,21-24,29,32-33,35,38,40-42,44,47,49-56H2,1-3H3/b10-7-,11-8-,19-16-,20-17-,27-25-,28-26-,31-30-,37-34-,39-36-,46-43-,48-45-. The molecule has 0 aromatic rings. The minimum absolute atomic E-state index is 0.137. The Morgan fingerprint density at radius 2 is 0.621 bits per heavy atom. The molecular weight excluding hydrogens is 817 g/mol. The van der Waals surface area contributed by atoms with Crippen molar-refractivity contribution in [3.63, 3.8) is 0 Å². The van der Waals surface area contributed by atoms with E-state index in [2.05, 4.69) is 136 Å². The number of carbonyl (C=O) groups is 3. The molecule has 0 aromatic heterocycles. The molecule has 0 aliphatic heterocycles. The van der Waals surface area contributed by atoms with E-state index in [9.17, 15) is 14.4 Å². The van der Waals surface area contributed by atoms with Crippen molar-refractivity contribution < 1.29 is 28.6 Å². The molecule has 0 bridgehead atoms. The van der Waals surface area contributed by atoms with E-state index in [1.165, 1.54) is 51.4 Å². The summed E-state index contributed by atoms with van der Waals surface area (Å²) >= 11 is 0. The second kappa shape index (κ2) is 53.2. The smallest absolute Gasteiger partial charge is 0.306 e. The van der Waals surface area contributed by atoms with Crippen molar-refractivity contribution >= 4 is 17.9 Å². The average Bonchev–Trinajstić information content (AvgIpc) is 3.31. The van der Waals surface area contributed by atoms with Gasteiger partial charge in [-0.05, 0) is 109 Å². The average molecular weight is 911 g/mol. The number of hydrogen-bond acceptors (Lipinski definition) is 6. The highest BCUT2D eigenvalue weighted by atomic mass is 16.6. The Bertz CT molecular complexity index is 1460. The van der Waals surface area contributed by atoms with E-state index < -0.39 is 12.1 Å². The van der Waals surface area contributed by atoms with Gasteiger partial charge in [-0.25, -0.2) is 0 Å². The summed E-state index contributed by atoms with van der Waals surface area (Å²) < 4.78 is 16.7. The van der Waals surface area contributed by atoms with Gasteiger partial charge in [0.25, 0.3) is 0 Å². The van der Waals surface area contributed by atoms with Crippen LogP contribution in [0.5, 0.6) is 0 Å². The third-order valence-electron chi connectivity index (χ3n) is 10.4. The summed E-state index contributed by atoms with van der Waals surface area (Å²) in [6.45, 7) is 6.25.